The van der Waals surface area contributed by atoms with Crippen LogP contribution in [0.5, 0.6) is 0 Å². The molecule has 64 valence electrons. The summed E-state index contributed by atoms with van der Waals surface area (Å²) in [6.07, 6.45) is 0. The minimum atomic E-state index is -1.22. The molecule has 0 N–H and O–H groups in total. The molecule has 0 aromatic carbocycles. The second-order valence-electron chi connectivity index (χ2n) is 0.511. The third-order valence-corrected chi connectivity index (χ3v) is 0.793. The van der Waals surface area contributed by atoms with E-state index in [9.17, 15) is 9.59 Å². The molecule has 0 aromatic rings. The molecule has 0 saturated carbocycles. The van der Waals surface area contributed by atoms with Gasteiger partial charge in [-0.1, -0.05) is 0 Å². The van der Waals surface area contributed by atoms with Gasteiger partial charge in [0.05, 0.1) is 0 Å². The molecule has 11 heavy (non-hydrogen) atoms. The van der Waals surface area contributed by atoms with Crippen LogP contribution in [0.4, 0.5) is 0 Å². The first kappa shape index (κ1) is 16.9. The Morgan fingerprint density at radius 3 is 1.45 bits per heavy atom. The molecule has 7 heteroatoms. The summed E-state index contributed by atoms with van der Waals surface area (Å²) in [5, 5.41) is 16.5. The zero-order chi connectivity index (χ0) is 9.54. The van der Waals surface area contributed by atoms with E-state index in [2.05, 4.69) is 6.64 Å². The molecule has 0 aliphatic heterocycles. The van der Waals surface area contributed by atoms with Crippen LogP contribution >= 0.6 is 0 Å². The predicted molar refractivity (Wildman–Crippen MR) is 26.1 cm³/mol. The Bertz CT molecular complexity index is 59.6. The van der Waals surface area contributed by atoms with Crippen LogP contribution in [-0.2, 0) is 36.2 Å². The van der Waals surface area contributed by atoms with E-state index in [1.54, 1.807) is 0 Å². The molecule has 0 spiro atoms. The molecule has 0 heterocycles. The topological polar surface area (TPSA) is 98.7 Å². The predicted octanol–water partition coefficient (Wildman–Crippen LogP) is -2.80. The van der Waals surface area contributed by atoms with E-state index in [1.165, 1.54) is 0 Å². The van der Waals surface area contributed by atoms with E-state index in [0.29, 0.717) is 0 Å². The molecular weight excluding hydrogens is 192 g/mol. The Morgan fingerprint density at radius 1 is 1.00 bits per heavy atom. The van der Waals surface area contributed by atoms with E-state index in [0.717, 1.165) is 14.2 Å². The second kappa shape index (κ2) is 33.6. The fourth-order valence-electron chi connectivity index (χ4n) is 0.0671. The molecule has 0 aliphatic carbocycles. The van der Waals surface area contributed by atoms with Gasteiger partial charge in [0.25, 0.3) is 0 Å². The zero-order valence-corrected chi connectivity index (χ0v) is 7.67. The quantitative estimate of drug-likeness (QED) is 0.276. The van der Waals surface area contributed by atoms with Crippen LogP contribution in [0.15, 0.2) is 0 Å². The molecule has 0 bridgehead atoms. The number of hydrogen-bond acceptors (Lipinski definition) is 6. The Hall–Kier alpha value is -0.426. The summed E-state index contributed by atoms with van der Waals surface area (Å²) in [6.45, 7) is 0.507. The van der Waals surface area contributed by atoms with E-state index >= 15 is 0 Å². The average Bonchev–Trinajstić information content (AvgIpc) is 2.13. The number of carbonyl (C=O) groups excluding carboxylic acids is 2. The minimum absolute atomic E-state index is 0.253. The first-order chi connectivity index (χ1) is 5.41. The van der Waals surface area contributed by atoms with Gasteiger partial charge in [-0.15, -0.1) is 0 Å². The number of carbonyl (C=O) groups is 2. The molecule has 0 aliphatic rings. The summed E-state index contributed by atoms with van der Waals surface area (Å²) in [5.41, 5.74) is 0. The summed E-state index contributed by atoms with van der Waals surface area (Å²) >= 11 is -1.22. The molecule has 0 fully saturated rings. The van der Waals surface area contributed by atoms with Crippen molar-refractivity contribution in [1.29, 1.82) is 0 Å². The number of hydrogen-bond donors (Lipinski definition) is 0. The van der Waals surface area contributed by atoms with Crippen molar-refractivity contribution in [3.63, 3.8) is 0 Å². The third kappa shape index (κ3) is 43.0. The fraction of sp³-hybridized carbons (Fsp3) is 0.500. The molecule has 0 unspecified atom stereocenters. The second-order valence-corrected chi connectivity index (χ2v) is 1.51. The fourth-order valence-corrected chi connectivity index (χ4v) is 0.277. The molecule has 0 amide bonds. The zero-order valence-electron chi connectivity index (χ0n) is 6.10. The van der Waals surface area contributed by atoms with Gasteiger partial charge in [-0.25, -0.2) is 0 Å². The van der Waals surface area contributed by atoms with Crippen LogP contribution < -0.4 is 10.2 Å². The van der Waals surface area contributed by atoms with Crippen molar-refractivity contribution in [3.05, 3.63) is 0 Å². The first-order valence-corrected chi connectivity index (χ1v) is 3.44. The van der Waals surface area contributed by atoms with Crippen LogP contribution in [0.1, 0.15) is 0 Å². The Kier molecular flexibility index (Phi) is 51.7. The van der Waals surface area contributed by atoms with Gasteiger partial charge in [0.2, 0.25) is 0 Å². The standard InChI is InChI=1S/2CH2O2.2CH3O.Ti/c2*2-1-3;2*1-2;/h2*1H,(H,2,3);2*1H3;/q;;2*-1;+4/p-2. The SMILES string of the molecule is C[O-].C[O-].O=C[O][Ti+2][O]C=O. The molecule has 0 rings (SSSR count). The third-order valence-electron chi connectivity index (χ3n) is 0.192. The van der Waals surface area contributed by atoms with Crippen molar-refractivity contribution in [1.82, 2.24) is 0 Å². The molecule has 0 radical (unpaired) electrons. The van der Waals surface area contributed by atoms with Gasteiger partial charge in [0, 0.05) is 0 Å². The summed E-state index contributed by atoms with van der Waals surface area (Å²) in [7, 11) is 1.50. The van der Waals surface area contributed by atoms with E-state index < -0.39 is 19.9 Å². The Morgan fingerprint density at radius 2 is 1.27 bits per heavy atom. The van der Waals surface area contributed by atoms with Crippen molar-refractivity contribution >= 4 is 12.9 Å². The van der Waals surface area contributed by atoms with E-state index in [1.807, 2.05) is 0 Å². The van der Waals surface area contributed by atoms with E-state index in [-0.39, 0.29) is 12.9 Å². The van der Waals surface area contributed by atoms with Crippen LogP contribution in [0.2, 0.25) is 0 Å². The maximum atomic E-state index is 9.29. The van der Waals surface area contributed by atoms with Gasteiger partial charge in [0.1, 0.15) is 0 Å². The van der Waals surface area contributed by atoms with Crippen molar-refractivity contribution in [2.24, 2.45) is 0 Å². The molecule has 0 atom stereocenters. The molecule has 0 aromatic heterocycles. The first-order valence-electron chi connectivity index (χ1n) is 2.17. The molecular formula is C4H8O6Ti. The Balaban J connectivity index is -0.000000138. The van der Waals surface area contributed by atoms with Gasteiger partial charge >= 0.3 is 49.1 Å². The summed E-state index contributed by atoms with van der Waals surface area (Å²) < 4.78 is 8.13. The monoisotopic (exact) mass is 200 g/mol. The summed E-state index contributed by atoms with van der Waals surface area (Å²) in [4.78, 5) is 18.6. The normalized spacial score (nSPS) is 4.73. The van der Waals surface area contributed by atoms with Crippen molar-refractivity contribution in [3.8, 4) is 0 Å². The van der Waals surface area contributed by atoms with Crippen LogP contribution in [0.3, 0.4) is 0 Å². The molecule has 0 saturated heterocycles. The van der Waals surface area contributed by atoms with Gasteiger partial charge in [-0.2, -0.15) is 14.2 Å². The van der Waals surface area contributed by atoms with Gasteiger partial charge < -0.3 is 10.2 Å². The summed E-state index contributed by atoms with van der Waals surface area (Å²) in [5.74, 6) is 0. The van der Waals surface area contributed by atoms with Gasteiger partial charge in [-0.05, 0) is 0 Å². The average molecular weight is 200 g/mol. The van der Waals surface area contributed by atoms with Crippen LogP contribution in [-0.4, -0.2) is 27.2 Å². The van der Waals surface area contributed by atoms with Gasteiger partial charge in [-0.3, -0.25) is 0 Å². The van der Waals surface area contributed by atoms with E-state index in [4.69, 9.17) is 10.2 Å². The Labute approximate surface area is 74.0 Å². The number of rotatable bonds is 4. The van der Waals surface area contributed by atoms with Crippen molar-refractivity contribution in [2.75, 3.05) is 14.2 Å². The van der Waals surface area contributed by atoms with Crippen LogP contribution in [0, 0.1) is 0 Å². The molecule has 6 nitrogen and oxygen atoms in total. The van der Waals surface area contributed by atoms with Gasteiger partial charge in [0.15, 0.2) is 0 Å². The van der Waals surface area contributed by atoms with Crippen molar-refractivity contribution < 1.29 is 46.4 Å². The van der Waals surface area contributed by atoms with Crippen LogP contribution in [0.25, 0.3) is 0 Å². The maximum absolute atomic E-state index is 9.29. The summed E-state index contributed by atoms with van der Waals surface area (Å²) in [6, 6.07) is 0. The van der Waals surface area contributed by atoms with Crippen molar-refractivity contribution in [2.45, 2.75) is 0 Å².